The van der Waals surface area contributed by atoms with Crippen LogP contribution in [0.2, 0.25) is 5.02 Å². The highest BCUT2D eigenvalue weighted by Gasteiger charge is 2.18. The van der Waals surface area contributed by atoms with Crippen molar-refractivity contribution in [2.45, 2.75) is 6.42 Å². The van der Waals surface area contributed by atoms with Crippen molar-refractivity contribution in [1.29, 1.82) is 0 Å². The lowest BCUT2D eigenvalue weighted by Gasteiger charge is -2.10. The number of benzene rings is 2. The summed E-state index contributed by atoms with van der Waals surface area (Å²) in [7, 11) is 0. The average Bonchev–Trinajstić information content (AvgIpc) is 2.40. The van der Waals surface area contributed by atoms with Gasteiger partial charge in [0.2, 0.25) is 5.75 Å². The summed E-state index contributed by atoms with van der Waals surface area (Å²) < 4.78 is 5.49. The number of rotatable bonds is 5. The number of nitro benzene ring substituents is 1. The van der Waals surface area contributed by atoms with Crippen LogP contribution >= 0.6 is 11.6 Å². The van der Waals surface area contributed by atoms with E-state index in [0.29, 0.717) is 5.56 Å². The molecule has 7 heteroatoms. The minimum atomic E-state index is -1.02. The van der Waals surface area contributed by atoms with E-state index in [1.54, 1.807) is 24.3 Å². The van der Waals surface area contributed by atoms with E-state index in [-0.39, 0.29) is 28.6 Å². The molecule has 0 aliphatic carbocycles. The van der Waals surface area contributed by atoms with E-state index in [2.05, 4.69) is 0 Å². The molecule has 2 rings (SSSR count). The molecule has 0 saturated heterocycles. The molecule has 1 N–H and O–H groups in total. The molecule has 0 aromatic heterocycles. The minimum Gasteiger partial charge on any atom is -0.481 e. The predicted molar refractivity (Wildman–Crippen MR) is 76.0 cm³/mol. The Morgan fingerprint density at radius 2 is 1.95 bits per heavy atom. The SMILES string of the molecule is O=C(O)Cc1ccccc1Oc1cc(Cl)ccc1[N+](=O)[O-]. The number of para-hydroxylation sites is 1. The van der Waals surface area contributed by atoms with E-state index in [4.69, 9.17) is 21.4 Å². The van der Waals surface area contributed by atoms with Crippen LogP contribution in [0.15, 0.2) is 42.5 Å². The monoisotopic (exact) mass is 307 g/mol. The standard InChI is InChI=1S/C14H10ClNO5/c15-10-5-6-11(16(19)20)13(8-10)21-12-4-2-1-3-9(12)7-14(17)18/h1-6,8H,7H2,(H,17,18). The number of nitro groups is 1. The van der Waals surface area contributed by atoms with Crippen molar-refractivity contribution >= 4 is 23.3 Å². The largest absolute Gasteiger partial charge is 0.481 e. The molecule has 108 valence electrons. The zero-order valence-corrected chi connectivity index (χ0v) is 11.4. The number of ether oxygens (including phenoxy) is 1. The maximum Gasteiger partial charge on any atom is 0.311 e. The van der Waals surface area contributed by atoms with Crippen LogP contribution in [0.25, 0.3) is 0 Å². The second-order valence-corrected chi connectivity index (χ2v) is 4.59. The zero-order valence-electron chi connectivity index (χ0n) is 10.7. The quantitative estimate of drug-likeness (QED) is 0.672. The van der Waals surface area contributed by atoms with Crippen LogP contribution in [0.1, 0.15) is 5.56 Å². The van der Waals surface area contributed by atoms with Crippen LogP contribution in [0.3, 0.4) is 0 Å². The first-order valence-corrected chi connectivity index (χ1v) is 6.26. The van der Waals surface area contributed by atoms with Gasteiger partial charge in [0.1, 0.15) is 5.75 Å². The normalized spacial score (nSPS) is 10.1. The molecule has 0 heterocycles. The highest BCUT2D eigenvalue weighted by atomic mass is 35.5. The summed E-state index contributed by atoms with van der Waals surface area (Å²) in [6.45, 7) is 0. The van der Waals surface area contributed by atoms with Crippen molar-refractivity contribution in [2.24, 2.45) is 0 Å². The first-order chi connectivity index (χ1) is 9.97. The fraction of sp³-hybridized carbons (Fsp3) is 0.0714. The van der Waals surface area contributed by atoms with Gasteiger partial charge in [-0.3, -0.25) is 14.9 Å². The summed E-state index contributed by atoms with van der Waals surface area (Å²) in [5.41, 5.74) is 0.170. The summed E-state index contributed by atoms with van der Waals surface area (Å²) in [6.07, 6.45) is -0.245. The van der Waals surface area contributed by atoms with E-state index in [1.165, 1.54) is 18.2 Å². The van der Waals surface area contributed by atoms with Crippen molar-refractivity contribution in [3.63, 3.8) is 0 Å². The van der Waals surface area contributed by atoms with Crippen molar-refractivity contribution in [1.82, 2.24) is 0 Å². The summed E-state index contributed by atoms with van der Waals surface area (Å²) >= 11 is 5.82. The van der Waals surface area contributed by atoms with Gasteiger partial charge in [-0.1, -0.05) is 29.8 Å². The third kappa shape index (κ3) is 3.70. The lowest BCUT2D eigenvalue weighted by Crippen LogP contribution is -2.02. The summed E-state index contributed by atoms with van der Waals surface area (Å²) in [5.74, 6) is -0.817. The number of carbonyl (C=O) groups is 1. The second-order valence-electron chi connectivity index (χ2n) is 4.15. The molecule has 0 atom stereocenters. The van der Waals surface area contributed by atoms with E-state index >= 15 is 0 Å². The Labute approximate surface area is 124 Å². The Balaban J connectivity index is 2.40. The maximum atomic E-state index is 11.0. The van der Waals surface area contributed by atoms with Gasteiger partial charge in [0, 0.05) is 22.7 Å². The topological polar surface area (TPSA) is 89.7 Å². The number of halogens is 1. The van der Waals surface area contributed by atoms with E-state index in [0.717, 1.165) is 0 Å². The summed E-state index contributed by atoms with van der Waals surface area (Å²) in [5, 5.41) is 20.1. The van der Waals surface area contributed by atoms with Crippen molar-refractivity contribution in [3.8, 4) is 11.5 Å². The molecule has 0 aliphatic heterocycles. The average molecular weight is 308 g/mol. The maximum absolute atomic E-state index is 11.0. The fourth-order valence-electron chi connectivity index (χ4n) is 1.75. The molecule has 0 amide bonds. The summed E-state index contributed by atoms with van der Waals surface area (Å²) in [6, 6.07) is 10.4. The number of nitrogens with zero attached hydrogens (tertiary/aromatic N) is 1. The molecule has 2 aromatic rings. The van der Waals surface area contributed by atoms with Crippen LogP contribution in [0.5, 0.6) is 11.5 Å². The predicted octanol–water partition coefficient (Wildman–Crippen LogP) is 3.67. The first kappa shape index (κ1) is 14.8. The molecule has 21 heavy (non-hydrogen) atoms. The van der Waals surface area contributed by atoms with Crippen LogP contribution in [0.4, 0.5) is 5.69 Å². The molecule has 0 saturated carbocycles. The minimum absolute atomic E-state index is 0.0367. The van der Waals surface area contributed by atoms with E-state index < -0.39 is 10.9 Å². The smallest absolute Gasteiger partial charge is 0.311 e. The van der Waals surface area contributed by atoms with Crippen LogP contribution in [0, 0.1) is 10.1 Å². The van der Waals surface area contributed by atoms with Crippen molar-refractivity contribution < 1.29 is 19.6 Å². The number of hydrogen-bond donors (Lipinski definition) is 1. The molecule has 0 radical (unpaired) electrons. The van der Waals surface area contributed by atoms with E-state index in [1.807, 2.05) is 0 Å². The molecule has 0 fully saturated rings. The van der Waals surface area contributed by atoms with Crippen LogP contribution in [-0.4, -0.2) is 16.0 Å². The highest BCUT2D eigenvalue weighted by Crippen LogP contribution is 2.35. The molecule has 6 nitrogen and oxygen atoms in total. The molecule has 0 bridgehead atoms. The van der Waals surface area contributed by atoms with Gasteiger partial charge >= 0.3 is 11.7 Å². The highest BCUT2D eigenvalue weighted by molar-refractivity contribution is 6.30. The van der Waals surface area contributed by atoms with Gasteiger partial charge in [-0.2, -0.15) is 0 Å². The number of carboxylic acids is 1. The third-order valence-corrected chi connectivity index (χ3v) is 2.89. The van der Waals surface area contributed by atoms with Crippen LogP contribution < -0.4 is 4.74 Å². The van der Waals surface area contributed by atoms with Gasteiger partial charge in [-0.15, -0.1) is 0 Å². The number of aliphatic carboxylic acids is 1. The second kappa shape index (κ2) is 6.23. The van der Waals surface area contributed by atoms with E-state index in [9.17, 15) is 14.9 Å². The molecule has 0 unspecified atom stereocenters. The Morgan fingerprint density at radius 1 is 1.24 bits per heavy atom. The van der Waals surface area contributed by atoms with Gasteiger partial charge in [0.25, 0.3) is 0 Å². The molecular weight excluding hydrogens is 298 g/mol. The van der Waals surface area contributed by atoms with Gasteiger partial charge < -0.3 is 9.84 Å². The third-order valence-electron chi connectivity index (χ3n) is 2.65. The first-order valence-electron chi connectivity index (χ1n) is 5.89. The van der Waals surface area contributed by atoms with Crippen molar-refractivity contribution in [2.75, 3.05) is 0 Å². The molecule has 2 aromatic carbocycles. The zero-order chi connectivity index (χ0) is 15.4. The van der Waals surface area contributed by atoms with Gasteiger partial charge in [-0.05, 0) is 12.1 Å². The summed E-state index contributed by atoms with van der Waals surface area (Å²) in [4.78, 5) is 21.2. The molecule has 0 spiro atoms. The van der Waals surface area contributed by atoms with Gasteiger partial charge in [-0.25, -0.2) is 0 Å². The molecular formula is C14H10ClNO5. The Bertz CT molecular complexity index is 702. The fourth-order valence-corrected chi connectivity index (χ4v) is 1.91. The Morgan fingerprint density at radius 3 is 2.62 bits per heavy atom. The number of carboxylic acid groups (broad SMARTS) is 1. The Hall–Kier alpha value is -2.60. The van der Waals surface area contributed by atoms with Gasteiger partial charge in [0.05, 0.1) is 11.3 Å². The lowest BCUT2D eigenvalue weighted by molar-refractivity contribution is -0.385. The number of hydrogen-bond acceptors (Lipinski definition) is 4. The van der Waals surface area contributed by atoms with Crippen LogP contribution in [-0.2, 0) is 11.2 Å². The lowest BCUT2D eigenvalue weighted by atomic mass is 10.1. The van der Waals surface area contributed by atoms with Crippen molar-refractivity contribution in [3.05, 3.63) is 63.2 Å². The van der Waals surface area contributed by atoms with Gasteiger partial charge in [0.15, 0.2) is 0 Å². The molecule has 0 aliphatic rings. The Kier molecular flexibility index (Phi) is 4.39.